The van der Waals surface area contributed by atoms with Crippen LogP contribution in [0, 0.1) is 29.0 Å². The van der Waals surface area contributed by atoms with E-state index in [0.717, 1.165) is 51.1 Å². The van der Waals surface area contributed by atoms with Crippen LogP contribution in [0.5, 0.6) is 0 Å². The molecule has 2 aliphatic heterocycles. The zero-order valence-electron chi connectivity index (χ0n) is 18.5. The van der Waals surface area contributed by atoms with Crippen LogP contribution in [0.15, 0.2) is 35.9 Å². The fourth-order valence-corrected chi connectivity index (χ4v) is 6.39. The molecular weight excluding hydrogens is 395 g/mol. The predicted molar refractivity (Wildman–Crippen MR) is 117 cm³/mol. The molecule has 1 N–H and O–H groups in total. The molecule has 0 spiro atoms. The highest BCUT2D eigenvalue weighted by atomic mass is 19.1. The molecule has 0 unspecified atom stereocenters. The monoisotopic (exact) mass is 428 g/mol. The minimum Gasteiger partial charge on any atom is -0.461 e. The number of anilines is 1. The highest BCUT2D eigenvalue weighted by Crippen LogP contribution is 2.56. The molecule has 1 aromatic rings. The lowest BCUT2D eigenvalue weighted by Crippen LogP contribution is -2.55. The van der Waals surface area contributed by atoms with Gasteiger partial charge in [0.2, 0.25) is 0 Å². The van der Waals surface area contributed by atoms with Gasteiger partial charge in [0.05, 0.1) is 12.0 Å². The van der Waals surface area contributed by atoms with Gasteiger partial charge in [-0.3, -0.25) is 9.69 Å². The molecule has 3 fully saturated rings. The normalized spacial score (nSPS) is 38.3. The first kappa shape index (κ1) is 21.0. The summed E-state index contributed by atoms with van der Waals surface area (Å²) in [6.45, 7) is 8.42. The topological polar surface area (TPSA) is 53.0 Å². The van der Waals surface area contributed by atoms with E-state index in [2.05, 4.69) is 29.7 Å². The second-order valence-electron chi connectivity index (χ2n) is 10.1. The number of carbonyl (C=O) groups is 1. The summed E-state index contributed by atoms with van der Waals surface area (Å²) in [7, 11) is 0. The Balaban J connectivity index is 1.27. The summed E-state index contributed by atoms with van der Waals surface area (Å²) in [6, 6.07) is 6.63. The Bertz CT molecular complexity index is 864. The second-order valence-corrected chi connectivity index (χ2v) is 10.1. The highest BCUT2D eigenvalue weighted by molar-refractivity contribution is 5.76. The summed E-state index contributed by atoms with van der Waals surface area (Å²) >= 11 is 0. The number of carbonyl (C=O) groups excluding carboxylic acids is 1. The molecule has 0 aromatic heterocycles. The van der Waals surface area contributed by atoms with Crippen LogP contribution in [0.2, 0.25) is 0 Å². The highest BCUT2D eigenvalue weighted by Gasteiger charge is 2.59. The van der Waals surface area contributed by atoms with Crippen molar-refractivity contribution >= 4 is 11.7 Å². The van der Waals surface area contributed by atoms with Crippen molar-refractivity contribution in [3.05, 3.63) is 41.7 Å². The van der Waals surface area contributed by atoms with Crippen molar-refractivity contribution in [1.82, 2.24) is 4.90 Å². The van der Waals surface area contributed by atoms with Gasteiger partial charge in [-0.2, -0.15) is 0 Å². The van der Waals surface area contributed by atoms with Crippen LogP contribution in [0.1, 0.15) is 33.1 Å². The van der Waals surface area contributed by atoms with Crippen molar-refractivity contribution in [1.29, 1.82) is 0 Å². The van der Waals surface area contributed by atoms with Gasteiger partial charge in [0, 0.05) is 56.2 Å². The van der Waals surface area contributed by atoms with Crippen molar-refractivity contribution in [3.8, 4) is 0 Å². The van der Waals surface area contributed by atoms with Gasteiger partial charge in [0.15, 0.2) is 0 Å². The minimum absolute atomic E-state index is 0.134. The molecule has 5 nitrogen and oxygen atoms in total. The maximum Gasteiger partial charge on any atom is 0.311 e. The zero-order valence-corrected chi connectivity index (χ0v) is 18.5. The summed E-state index contributed by atoms with van der Waals surface area (Å²) in [6.07, 6.45) is 4.42. The van der Waals surface area contributed by atoms with Crippen LogP contribution in [0.4, 0.5) is 10.1 Å². The zero-order chi connectivity index (χ0) is 21.8. The first-order valence-electron chi connectivity index (χ1n) is 11.7. The van der Waals surface area contributed by atoms with Gasteiger partial charge in [0.1, 0.15) is 11.9 Å². The lowest BCUT2D eigenvalue weighted by Gasteiger charge is -2.52. The van der Waals surface area contributed by atoms with E-state index in [1.807, 2.05) is 12.1 Å². The summed E-state index contributed by atoms with van der Waals surface area (Å²) in [4.78, 5) is 17.4. The lowest BCUT2D eigenvalue weighted by atomic mass is 9.55. The molecule has 168 valence electrons. The van der Waals surface area contributed by atoms with Crippen molar-refractivity contribution < 1.29 is 19.0 Å². The first-order chi connectivity index (χ1) is 14.9. The molecule has 0 amide bonds. The number of ether oxygens (including phenoxy) is 1. The van der Waals surface area contributed by atoms with Crippen molar-refractivity contribution in [2.75, 3.05) is 37.6 Å². The van der Waals surface area contributed by atoms with E-state index in [1.165, 1.54) is 17.7 Å². The van der Waals surface area contributed by atoms with Gasteiger partial charge in [-0.05, 0) is 43.0 Å². The molecule has 4 aliphatic rings. The molecule has 1 saturated carbocycles. The quantitative estimate of drug-likeness (QED) is 0.592. The Hall–Kier alpha value is -1.92. The van der Waals surface area contributed by atoms with E-state index >= 15 is 0 Å². The number of piperazine rings is 1. The van der Waals surface area contributed by atoms with E-state index in [-0.39, 0.29) is 35.1 Å². The van der Waals surface area contributed by atoms with Crippen LogP contribution >= 0.6 is 0 Å². The Morgan fingerprint density at radius 3 is 2.61 bits per heavy atom. The van der Waals surface area contributed by atoms with E-state index in [0.29, 0.717) is 12.5 Å². The smallest absolute Gasteiger partial charge is 0.311 e. The number of rotatable bonds is 3. The third-order valence-electron chi connectivity index (χ3n) is 8.59. The molecule has 0 radical (unpaired) electrons. The van der Waals surface area contributed by atoms with Crippen LogP contribution in [-0.4, -0.2) is 60.9 Å². The maximum atomic E-state index is 13.2. The minimum atomic E-state index is -0.551. The number of allylic oxidation sites excluding steroid dienone is 1. The molecule has 2 saturated heterocycles. The summed E-state index contributed by atoms with van der Waals surface area (Å²) in [5, 5.41) is 11.5. The molecule has 2 heterocycles. The molecule has 6 heteroatoms. The number of hydrogen-bond donors (Lipinski definition) is 1. The van der Waals surface area contributed by atoms with Gasteiger partial charge in [-0.15, -0.1) is 0 Å². The summed E-state index contributed by atoms with van der Waals surface area (Å²) < 4.78 is 19.0. The molecule has 6 atom stereocenters. The van der Waals surface area contributed by atoms with Gasteiger partial charge in [-0.25, -0.2) is 4.39 Å². The lowest BCUT2D eigenvalue weighted by molar-refractivity contribution is -0.145. The SMILES string of the molecule is C[C@@H]1CCC=C2C[C@H]3OC(=O)[C@H](CN4CCN(c5ccc(F)cc5)CC4)[C@H]3[C@@H](O)[C@@]21C. The van der Waals surface area contributed by atoms with Gasteiger partial charge in [0.25, 0.3) is 0 Å². The molecule has 31 heavy (non-hydrogen) atoms. The van der Waals surface area contributed by atoms with E-state index in [9.17, 15) is 14.3 Å². The number of fused-ring (bicyclic) bond motifs is 2. The molecule has 5 rings (SSSR count). The standard InChI is InChI=1S/C25H33FN2O3/c1-16-4-3-5-17-14-21-22(23(29)25(16,17)2)20(24(30)31-21)15-27-10-12-28(13-11-27)19-8-6-18(26)7-9-19/h5-9,16,20-23,29H,3-4,10-15H2,1-2H3/t16-,20-,21-,22-,23-,25-/m1/s1. The molecule has 1 aromatic carbocycles. The van der Waals surface area contributed by atoms with E-state index in [1.54, 1.807) is 0 Å². The van der Waals surface area contributed by atoms with Gasteiger partial charge >= 0.3 is 5.97 Å². The van der Waals surface area contributed by atoms with Crippen LogP contribution < -0.4 is 4.90 Å². The third kappa shape index (κ3) is 3.48. The van der Waals surface area contributed by atoms with Crippen LogP contribution in [-0.2, 0) is 9.53 Å². The Labute approximate surface area is 183 Å². The van der Waals surface area contributed by atoms with E-state index < -0.39 is 6.10 Å². The van der Waals surface area contributed by atoms with Gasteiger partial charge < -0.3 is 14.7 Å². The van der Waals surface area contributed by atoms with Crippen molar-refractivity contribution in [2.24, 2.45) is 23.2 Å². The first-order valence-corrected chi connectivity index (χ1v) is 11.7. The van der Waals surface area contributed by atoms with Crippen LogP contribution in [0.25, 0.3) is 0 Å². The largest absolute Gasteiger partial charge is 0.461 e. The average Bonchev–Trinajstić information content (AvgIpc) is 3.07. The predicted octanol–water partition coefficient (Wildman–Crippen LogP) is 3.23. The number of aliphatic hydroxyl groups excluding tert-OH is 1. The number of halogens is 1. The van der Waals surface area contributed by atoms with Crippen molar-refractivity contribution in [3.63, 3.8) is 0 Å². The number of hydrogen-bond acceptors (Lipinski definition) is 5. The Kier molecular flexibility index (Phi) is 5.33. The number of benzene rings is 1. The number of esters is 1. The molecular formula is C25H33FN2O3. The third-order valence-corrected chi connectivity index (χ3v) is 8.59. The maximum absolute atomic E-state index is 13.2. The fourth-order valence-electron chi connectivity index (χ4n) is 6.39. The summed E-state index contributed by atoms with van der Waals surface area (Å²) in [5.41, 5.74) is 2.05. The van der Waals surface area contributed by atoms with Crippen molar-refractivity contribution in [2.45, 2.75) is 45.3 Å². The summed E-state index contributed by atoms with van der Waals surface area (Å²) in [5.74, 6) is -0.374. The second kappa shape index (κ2) is 7.89. The number of nitrogens with zero attached hydrogens (tertiary/aromatic N) is 2. The fraction of sp³-hybridized carbons (Fsp3) is 0.640. The Morgan fingerprint density at radius 1 is 1.19 bits per heavy atom. The molecule has 2 aliphatic carbocycles. The van der Waals surface area contributed by atoms with Gasteiger partial charge in [-0.1, -0.05) is 25.5 Å². The Morgan fingerprint density at radius 2 is 1.90 bits per heavy atom. The van der Waals surface area contributed by atoms with E-state index in [4.69, 9.17) is 4.74 Å². The molecule has 0 bridgehead atoms. The number of aliphatic hydroxyl groups is 1. The average molecular weight is 429 g/mol. The van der Waals surface area contributed by atoms with Crippen LogP contribution in [0.3, 0.4) is 0 Å².